The molecule has 1 saturated heterocycles. The number of rotatable bonds is 1. The Kier molecular flexibility index (Phi) is 2.42. The van der Waals surface area contributed by atoms with E-state index in [0.29, 0.717) is 17.3 Å². The van der Waals surface area contributed by atoms with Crippen LogP contribution in [0.2, 0.25) is 5.02 Å². The van der Waals surface area contributed by atoms with E-state index in [9.17, 15) is 4.79 Å². The minimum Gasteiger partial charge on any atom is -0.294 e. The fraction of sp³-hybridized carbons (Fsp3) is 0.400. The van der Waals surface area contributed by atoms with Gasteiger partial charge in [0.25, 0.3) is 0 Å². The van der Waals surface area contributed by atoms with Crippen LogP contribution < -0.4 is 4.90 Å². The molecule has 0 bridgehead atoms. The zero-order valence-electron chi connectivity index (χ0n) is 7.90. The molecule has 0 radical (unpaired) electrons. The number of nitrogens with zero attached hydrogens (tertiary/aromatic N) is 2. The SMILES string of the molecule is CC1CCC(=O)N1c1ccc(Cl)cn1. The van der Waals surface area contributed by atoms with Gasteiger partial charge in [0.05, 0.1) is 5.02 Å². The summed E-state index contributed by atoms with van der Waals surface area (Å²) in [5, 5.41) is 0.591. The van der Waals surface area contributed by atoms with Crippen molar-refractivity contribution in [1.82, 2.24) is 4.98 Å². The molecule has 74 valence electrons. The zero-order chi connectivity index (χ0) is 10.1. The van der Waals surface area contributed by atoms with Crippen molar-refractivity contribution in [2.45, 2.75) is 25.8 Å². The van der Waals surface area contributed by atoms with Crippen LogP contribution in [-0.4, -0.2) is 16.9 Å². The van der Waals surface area contributed by atoms with Crippen molar-refractivity contribution in [2.24, 2.45) is 0 Å². The summed E-state index contributed by atoms with van der Waals surface area (Å²) in [6, 6.07) is 3.78. The molecule has 2 heterocycles. The van der Waals surface area contributed by atoms with Gasteiger partial charge in [-0.05, 0) is 25.5 Å². The topological polar surface area (TPSA) is 33.2 Å². The fourth-order valence-electron chi connectivity index (χ4n) is 1.69. The summed E-state index contributed by atoms with van der Waals surface area (Å²) in [7, 11) is 0. The lowest BCUT2D eigenvalue weighted by molar-refractivity contribution is -0.117. The van der Waals surface area contributed by atoms with E-state index in [-0.39, 0.29) is 11.9 Å². The van der Waals surface area contributed by atoms with Gasteiger partial charge in [0, 0.05) is 18.7 Å². The van der Waals surface area contributed by atoms with Crippen molar-refractivity contribution in [3.8, 4) is 0 Å². The van der Waals surface area contributed by atoms with E-state index >= 15 is 0 Å². The van der Waals surface area contributed by atoms with E-state index in [1.54, 1.807) is 23.2 Å². The molecule has 1 atom stereocenters. The largest absolute Gasteiger partial charge is 0.294 e. The van der Waals surface area contributed by atoms with E-state index in [1.807, 2.05) is 6.92 Å². The Bertz CT molecular complexity index is 350. The zero-order valence-corrected chi connectivity index (χ0v) is 8.66. The molecule has 0 saturated carbocycles. The molecule has 0 aromatic carbocycles. The molecule has 1 aliphatic rings. The minimum absolute atomic E-state index is 0.146. The van der Waals surface area contributed by atoms with Crippen molar-refractivity contribution < 1.29 is 4.79 Å². The number of anilines is 1. The summed E-state index contributed by atoms with van der Waals surface area (Å²) in [4.78, 5) is 17.4. The molecule has 3 nitrogen and oxygen atoms in total. The molecule has 1 aromatic heterocycles. The number of pyridine rings is 1. The van der Waals surface area contributed by atoms with Crippen molar-refractivity contribution >= 4 is 23.3 Å². The summed E-state index contributed by atoms with van der Waals surface area (Å²) in [5.41, 5.74) is 0. The van der Waals surface area contributed by atoms with E-state index in [0.717, 1.165) is 6.42 Å². The number of carbonyl (C=O) groups excluding carboxylic acids is 1. The molecule has 1 aliphatic heterocycles. The molecule has 2 rings (SSSR count). The maximum absolute atomic E-state index is 11.5. The Labute approximate surface area is 87.7 Å². The van der Waals surface area contributed by atoms with Gasteiger partial charge in [-0.1, -0.05) is 11.6 Å². The Morgan fingerprint density at radius 1 is 1.57 bits per heavy atom. The lowest BCUT2D eigenvalue weighted by atomic mass is 10.2. The number of hydrogen-bond donors (Lipinski definition) is 0. The second-order valence-corrected chi connectivity index (χ2v) is 3.92. The number of aromatic nitrogens is 1. The highest BCUT2D eigenvalue weighted by Crippen LogP contribution is 2.25. The molecule has 1 unspecified atom stereocenters. The van der Waals surface area contributed by atoms with Gasteiger partial charge in [-0.3, -0.25) is 9.69 Å². The molecule has 4 heteroatoms. The second-order valence-electron chi connectivity index (χ2n) is 3.49. The third-order valence-corrected chi connectivity index (χ3v) is 2.67. The van der Waals surface area contributed by atoms with Crippen LogP contribution in [0.1, 0.15) is 19.8 Å². The van der Waals surface area contributed by atoms with Gasteiger partial charge >= 0.3 is 0 Å². The van der Waals surface area contributed by atoms with Crippen molar-refractivity contribution in [3.05, 3.63) is 23.4 Å². The molecule has 1 fully saturated rings. The Morgan fingerprint density at radius 2 is 2.36 bits per heavy atom. The first-order chi connectivity index (χ1) is 6.68. The molecule has 1 amide bonds. The first-order valence-corrected chi connectivity index (χ1v) is 5.00. The van der Waals surface area contributed by atoms with Crippen LogP contribution in [0.4, 0.5) is 5.82 Å². The Balaban J connectivity index is 2.30. The highest BCUT2D eigenvalue weighted by Gasteiger charge is 2.29. The highest BCUT2D eigenvalue weighted by molar-refractivity contribution is 6.30. The average Bonchev–Trinajstić information content (AvgIpc) is 2.49. The average molecular weight is 211 g/mol. The third kappa shape index (κ3) is 1.60. The van der Waals surface area contributed by atoms with Gasteiger partial charge in [-0.15, -0.1) is 0 Å². The molecule has 1 aromatic rings. The van der Waals surface area contributed by atoms with Crippen LogP contribution >= 0.6 is 11.6 Å². The van der Waals surface area contributed by atoms with Crippen LogP contribution in [-0.2, 0) is 4.79 Å². The van der Waals surface area contributed by atoms with Gasteiger partial charge in [0.15, 0.2) is 0 Å². The number of hydrogen-bond acceptors (Lipinski definition) is 2. The summed E-state index contributed by atoms with van der Waals surface area (Å²) in [5.74, 6) is 0.844. The fourth-order valence-corrected chi connectivity index (χ4v) is 1.80. The quantitative estimate of drug-likeness (QED) is 0.713. The lowest BCUT2D eigenvalue weighted by Gasteiger charge is -2.20. The monoisotopic (exact) mass is 210 g/mol. The van der Waals surface area contributed by atoms with Crippen LogP contribution in [0.5, 0.6) is 0 Å². The van der Waals surface area contributed by atoms with Gasteiger partial charge in [-0.2, -0.15) is 0 Å². The van der Waals surface area contributed by atoms with Gasteiger partial charge in [-0.25, -0.2) is 4.98 Å². The van der Waals surface area contributed by atoms with Crippen molar-refractivity contribution in [1.29, 1.82) is 0 Å². The summed E-state index contributed by atoms with van der Waals surface area (Å²) >= 11 is 5.73. The van der Waals surface area contributed by atoms with Crippen LogP contribution in [0.15, 0.2) is 18.3 Å². The first-order valence-electron chi connectivity index (χ1n) is 4.62. The molecule has 0 aliphatic carbocycles. The van der Waals surface area contributed by atoms with Crippen molar-refractivity contribution in [3.63, 3.8) is 0 Å². The predicted octanol–water partition coefficient (Wildman–Crippen LogP) is 2.25. The standard InChI is InChI=1S/C10H11ClN2O/c1-7-2-5-10(14)13(7)9-4-3-8(11)6-12-9/h3-4,6-7H,2,5H2,1H3. The number of halogens is 1. The highest BCUT2D eigenvalue weighted by atomic mass is 35.5. The smallest absolute Gasteiger partial charge is 0.228 e. The van der Waals surface area contributed by atoms with Crippen molar-refractivity contribution in [2.75, 3.05) is 4.90 Å². The lowest BCUT2D eigenvalue weighted by Crippen LogP contribution is -2.31. The van der Waals surface area contributed by atoms with E-state index in [2.05, 4.69) is 4.98 Å². The first kappa shape index (κ1) is 9.46. The van der Waals surface area contributed by atoms with Gasteiger partial charge < -0.3 is 0 Å². The van der Waals surface area contributed by atoms with Crippen LogP contribution in [0, 0.1) is 0 Å². The maximum Gasteiger partial charge on any atom is 0.228 e. The Morgan fingerprint density at radius 3 is 2.86 bits per heavy atom. The molecular weight excluding hydrogens is 200 g/mol. The van der Waals surface area contributed by atoms with E-state index in [1.165, 1.54) is 0 Å². The number of carbonyl (C=O) groups is 1. The third-order valence-electron chi connectivity index (χ3n) is 2.44. The van der Waals surface area contributed by atoms with E-state index in [4.69, 9.17) is 11.6 Å². The number of amides is 1. The normalized spacial score (nSPS) is 21.7. The summed E-state index contributed by atoms with van der Waals surface area (Å²) in [6.45, 7) is 2.03. The molecule has 0 N–H and O–H groups in total. The van der Waals surface area contributed by atoms with Gasteiger partial charge in [0.2, 0.25) is 5.91 Å². The predicted molar refractivity (Wildman–Crippen MR) is 55.4 cm³/mol. The van der Waals surface area contributed by atoms with Gasteiger partial charge in [0.1, 0.15) is 5.82 Å². The molecule has 0 spiro atoms. The second kappa shape index (κ2) is 3.58. The molecular formula is C10H11ClN2O. The summed E-state index contributed by atoms with van der Waals surface area (Å²) in [6.07, 6.45) is 3.09. The minimum atomic E-state index is 0.146. The summed E-state index contributed by atoms with van der Waals surface area (Å²) < 4.78 is 0. The molecule has 14 heavy (non-hydrogen) atoms. The van der Waals surface area contributed by atoms with Crippen LogP contribution in [0.25, 0.3) is 0 Å². The van der Waals surface area contributed by atoms with Crippen LogP contribution in [0.3, 0.4) is 0 Å². The maximum atomic E-state index is 11.5. The Hall–Kier alpha value is -1.09. The van der Waals surface area contributed by atoms with E-state index < -0.39 is 0 Å².